The number of nitrogen functional groups attached to an aromatic ring is 2. The van der Waals surface area contributed by atoms with Gasteiger partial charge in [-0.3, -0.25) is 0 Å². The van der Waals surface area contributed by atoms with Gasteiger partial charge in [-0.15, -0.1) is 0 Å². The van der Waals surface area contributed by atoms with Crippen LogP contribution >= 0.6 is 15.9 Å². The summed E-state index contributed by atoms with van der Waals surface area (Å²) in [6.45, 7) is 1.96. The molecule has 1 aliphatic rings. The van der Waals surface area contributed by atoms with Crippen molar-refractivity contribution >= 4 is 49.6 Å². The number of pyridine rings is 1. The lowest BCUT2D eigenvalue weighted by Gasteiger charge is -2.28. The Hall–Kier alpha value is -3.01. The average molecular weight is 495 g/mol. The van der Waals surface area contributed by atoms with Gasteiger partial charge >= 0.3 is 0 Å². The highest BCUT2D eigenvalue weighted by Gasteiger charge is 2.44. The summed E-state index contributed by atoms with van der Waals surface area (Å²) in [4.78, 5) is 8.45. The molecule has 164 valence electrons. The third kappa shape index (κ3) is 3.33. The number of nitrogens with two attached hydrogens (primary N) is 2. The summed E-state index contributed by atoms with van der Waals surface area (Å²) in [6, 6.07) is 11.7. The molecule has 3 atom stereocenters. The highest BCUT2D eigenvalue weighted by molar-refractivity contribution is 9.10. The van der Waals surface area contributed by atoms with Crippen LogP contribution in [0.5, 0.6) is 0 Å². The number of rotatable bonds is 4. The van der Waals surface area contributed by atoms with Crippen molar-refractivity contribution < 1.29 is 10.2 Å². The first-order valence-corrected chi connectivity index (χ1v) is 11.1. The van der Waals surface area contributed by atoms with Crippen molar-refractivity contribution in [3.05, 3.63) is 64.5 Å². The molecule has 0 aliphatic heterocycles. The molecule has 8 nitrogen and oxygen atoms in total. The van der Waals surface area contributed by atoms with E-state index in [4.69, 9.17) is 11.5 Å². The van der Waals surface area contributed by atoms with E-state index >= 15 is 0 Å². The highest BCUT2D eigenvalue weighted by atomic mass is 79.9. The summed E-state index contributed by atoms with van der Waals surface area (Å²) in [6.07, 6.45) is 2.73. The van der Waals surface area contributed by atoms with Gasteiger partial charge in [-0.25, -0.2) is 14.5 Å². The van der Waals surface area contributed by atoms with E-state index < -0.39 is 17.6 Å². The fraction of sp³-hybridized carbons (Fsp3) is 0.261. The zero-order valence-electron chi connectivity index (χ0n) is 17.4. The van der Waals surface area contributed by atoms with Gasteiger partial charge in [-0.2, -0.15) is 5.10 Å². The molecule has 0 fully saturated rings. The fourth-order valence-electron chi connectivity index (χ4n) is 4.44. The number of aryl methyl sites for hydroxylation is 1. The van der Waals surface area contributed by atoms with Crippen molar-refractivity contribution in [3.8, 4) is 0 Å². The molecule has 4 aromatic rings. The quantitative estimate of drug-likeness (QED) is 0.342. The van der Waals surface area contributed by atoms with Crippen LogP contribution in [0, 0.1) is 5.41 Å². The summed E-state index contributed by atoms with van der Waals surface area (Å²) < 4.78 is 2.42. The highest BCUT2D eigenvalue weighted by Crippen LogP contribution is 2.44. The number of fused-ring (bicyclic) bond motifs is 2. The van der Waals surface area contributed by atoms with E-state index in [1.165, 1.54) is 6.33 Å². The number of hydrogen-bond acceptors (Lipinski definition) is 7. The van der Waals surface area contributed by atoms with Crippen molar-refractivity contribution in [2.45, 2.75) is 32.0 Å². The second-order valence-corrected chi connectivity index (χ2v) is 9.39. The zero-order valence-corrected chi connectivity index (χ0v) is 19.0. The normalized spacial score (nSPS) is 23.2. The molecule has 1 aliphatic carbocycles. The van der Waals surface area contributed by atoms with Gasteiger partial charge < -0.3 is 21.7 Å². The maximum atomic E-state index is 10.9. The Morgan fingerprint density at radius 1 is 1.12 bits per heavy atom. The van der Waals surface area contributed by atoms with Gasteiger partial charge in [0.05, 0.1) is 21.8 Å². The van der Waals surface area contributed by atoms with Gasteiger partial charge in [0.25, 0.3) is 0 Å². The van der Waals surface area contributed by atoms with Crippen molar-refractivity contribution in [3.63, 3.8) is 0 Å². The standard InChI is InChI=1S/C23H23BrN6O2/c1-23(7-6-12-2-3-13-9-15(24)21(25)29-16(13)8-12)10-14(19(31)20(23)32)17-4-5-18-22(26)27-11-28-30(17)18/h2-5,8-11,19-20,31-32H,6-7H2,1H3,(H2,25,29)(H2,26,27,28)/t19-,20-,23-/m0/s1. The molecule has 0 spiro atoms. The summed E-state index contributed by atoms with van der Waals surface area (Å²) in [5, 5.41) is 27.0. The third-order valence-electron chi connectivity index (χ3n) is 6.37. The Morgan fingerprint density at radius 3 is 2.75 bits per heavy atom. The van der Waals surface area contributed by atoms with E-state index in [1.54, 1.807) is 4.52 Å². The summed E-state index contributed by atoms with van der Waals surface area (Å²) in [7, 11) is 0. The van der Waals surface area contributed by atoms with E-state index in [-0.39, 0.29) is 0 Å². The minimum absolute atomic E-state index is 0.361. The zero-order chi connectivity index (χ0) is 22.6. The Balaban J connectivity index is 1.44. The molecule has 32 heavy (non-hydrogen) atoms. The monoisotopic (exact) mass is 494 g/mol. The summed E-state index contributed by atoms with van der Waals surface area (Å²) >= 11 is 3.41. The molecule has 0 unspecified atom stereocenters. The van der Waals surface area contributed by atoms with Crippen molar-refractivity contribution in [1.29, 1.82) is 0 Å². The molecule has 9 heteroatoms. The minimum Gasteiger partial charge on any atom is -0.389 e. The number of nitrogens with zero attached hydrogens (tertiary/aromatic N) is 4. The molecule has 3 aromatic heterocycles. The van der Waals surface area contributed by atoms with E-state index in [0.29, 0.717) is 41.3 Å². The van der Waals surface area contributed by atoms with Gasteiger partial charge in [-0.05, 0) is 58.6 Å². The van der Waals surface area contributed by atoms with Gasteiger partial charge in [0.15, 0.2) is 5.82 Å². The Bertz CT molecular complexity index is 1380. The summed E-state index contributed by atoms with van der Waals surface area (Å²) in [5.41, 5.74) is 15.2. The van der Waals surface area contributed by atoms with Crippen molar-refractivity contribution in [2.75, 3.05) is 11.5 Å². The Morgan fingerprint density at radius 2 is 1.94 bits per heavy atom. The van der Waals surface area contributed by atoms with E-state index in [9.17, 15) is 10.2 Å². The van der Waals surface area contributed by atoms with E-state index in [2.05, 4.69) is 37.1 Å². The number of halogens is 1. The minimum atomic E-state index is -1.02. The number of hydrogen-bond donors (Lipinski definition) is 4. The molecule has 0 saturated carbocycles. The van der Waals surface area contributed by atoms with E-state index in [0.717, 1.165) is 20.9 Å². The molecule has 0 amide bonds. The van der Waals surface area contributed by atoms with Gasteiger partial charge in [0, 0.05) is 16.4 Å². The van der Waals surface area contributed by atoms with Crippen LogP contribution in [0.25, 0.3) is 22.0 Å². The van der Waals surface area contributed by atoms with Crippen LogP contribution in [0.1, 0.15) is 24.6 Å². The molecular weight excluding hydrogens is 472 g/mol. The van der Waals surface area contributed by atoms with Crippen LogP contribution in [-0.4, -0.2) is 42.0 Å². The summed E-state index contributed by atoms with van der Waals surface area (Å²) in [5.74, 6) is 0.813. The van der Waals surface area contributed by atoms with Gasteiger partial charge in [0.2, 0.25) is 0 Å². The lowest BCUT2D eigenvalue weighted by molar-refractivity contribution is -0.00256. The van der Waals surface area contributed by atoms with Crippen molar-refractivity contribution in [1.82, 2.24) is 19.6 Å². The molecule has 5 rings (SSSR count). The molecule has 0 bridgehead atoms. The number of aliphatic hydroxyl groups excluding tert-OH is 2. The predicted octanol–water partition coefficient (Wildman–Crippen LogP) is 2.96. The van der Waals surface area contributed by atoms with Gasteiger partial charge in [0.1, 0.15) is 23.8 Å². The predicted molar refractivity (Wildman–Crippen MR) is 128 cm³/mol. The lowest BCUT2D eigenvalue weighted by atomic mass is 9.81. The lowest BCUT2D eigenvalue weighted by Crippen LogP contribution is -2.35. The molecule has 0 radical (unpaired) electrons. The molecular formula is C23H23BrN6O2. The van der Waals surface area contributed by atoms with Gasteiger partial charge in [-0.1, -0.05) is 25.1 Å². The van der Waals surface area contributed by atoms with E-state index in [1.807, 2.05) is 43.3 Å². The SMILES string of the molecule is C[C@]1(CCc2ccc3cc(Br)c(N)nc3c2)C=C(c2ccc3c(N)ncnn23)[C@H](O)[C@@H]1O. The van der Waals surface area contributed by atoms with Crippen LogP contribution in [0.4, 0.5) is 11.6 Å². The largest absolute Gasteiger partial charge is 0.389 e. The third-order valence-corrected chi connectivity index (χ3v) is 7.01. The Kier molecular flexibility index (Phi) is 4.92. The number of benzene rings is 1. The van der Waals surface area contributed by atoms with Crippen LogP contribution in [0.15, 0.2) is 53.3 Å². The molecule has 0 saturated heterocycles. The number of aromatic nitrogens is 4. The first kappa shape index (κ1) is 20.9. The second-order valence-electron chi connectivity index (χ2n) is 8.54. The topological polar surface area (TPSA) is 136 Å². The van der Waals surface area contributed by atoms with Crippen LogP contribution < -0.4 is 11.5 Å². The Labute approximate surface area is 192 Å². The maximum absolute atomic E-state index is 10.9. The average Bonchev–Trinajstić information content (AvgIpc) is 3.29. The van der Waals surface area contributed by atoms with Crippen LogP contribution in [-0.2, 0) is 6.42 Å². The molecule has 3 heterocycles. The number of aliphatic hydroxyl groups is 2. The van der Waals surface area contributed by atoms with Crippen molar-refractivity contribution in [2.24, 2.45) is 5.41 Å². The number of anilines is 2. The molecule has 1 aromatic carbocycles. The first-order chi connectivity index (χ1) is 15.3. The first-order valence-electron chi connectivity index (χ1n) is 10.3. The fourth-order valence-corrected chi connectivity index (χ4v) is 4.78. The second kappa shape index (κ2) is 7.54. The maximum Gasteiger partial charge on any atom is 0.151 e. The molecule has 6 N–H and O–H groups in total. The smallest absolute Gasteiger partial charge is 0.151 e. The van der Waals surface area contributed by atoms with Crippen LogP contribution in [0.2, 0.25) is 0 Å². The van der Waals surface area contributed by atoms with Crippen LogP contribution in [0.3, 0.4) is 0 Å².